The van der Waals surface area contributed by atoms with Crippen molar-refractivity contribution in [2.24, 2.45) is 0 Å². The van der Waals surface area contributed by atoms with E-state index >= 15 is 0 Å². The van der Waals surface area contributed by atoms with Crippen LogP contribution in [0.1, 0.15) is 29.3 Å². The number of hydrogen-bond donors (Lipinski definition) is 1. The molecule has 5 heteroatoms. The highest BCUT2D eigenvalue weighted by molar-refractivity contribution is 5.41. The first-order valence-electron chi connectivity index (χ1n) is 8.62. The quantitative estimate of drug-likeness (QED) is 0.795. The van der Waals surface area contributed by atoms with E-state index in [1.165, 1.54) is 11.1 Å². The molecule has 0 bridgehead atoms. The summed E-state index contributed by atoms with van der Waals surface area (Å²) in [6, 6.07) is 12.4. The number of β-amino-alcohol motifs (C(OH)–C–C–N with tert-alkyl or cyclic N) is 1. The van der Waals surface area contributed by atoms with Crippen molar-refractivity contribution in [3.8, 4) is 5.75 Å². The number of rotatable bonds is 4. The molecule has 0 spiro atoms. The van der Waals surface area contributed by atoms with Crippen molar-refractivity contribution in [2.75, 3.05) is 13.7 Å². The van der Waals surface area contributed by atoms with Crippen LogP contribution in [0.3, 0.4) is 0 Å². The number of likely N-dealkylation sites (tertiary alicyclic amines) is 1. The number of aliphatic hydroxyl groups is 1. The number of benzene rings is 1. The third-order valence-electron chi connectivity index (χ3n) is 4.87. The standard InChI is InChI=1S/C20H23N3O2/c1-14-6-7-20-21-16(12-23(20)10-14)11-22-13-17(24)9-19(22)15-4-3-5-18(8-15)25-2/h3-8,10,12,17,19,24H,9,11,13H2,1-2H3/t17-,19+/m0/s1. The van der Waals surface area contributed by atoms with Crippen LogP contribution in [-0.4, -0.2) is 39.1 Å². The smallest absolute Gasteiger partial charge is 0.137 e. The number of ether oxygens (including phenoxy) is 1. The van der Waals surface area contributed by atoms with Gasteiger partial charge in [-0.05, 0) is 42.7 Å². The zero-order valence-corrected chi connectivity index (χ0v) is 14.6. The third kappa shape index (κ3) is 3.25. The van der Waals surface area contributed by atoms with Gasteiger partial charge in [0.25, 0.3) is 0 Å². The molecule has 2 atom stereocenters. The maximum atomic E-state index is 10.2. The maximum absolute atomic E-state index is 10.2. The first kappa shape index (κ1) is 16.1. The molecule has 0 saturated carbocycles. The lowest BCUT2D eigenvalue weighted by Gasteiger charge is -2.23. The van der Waals surface area contributed by atoms with Crippen molar-refractivity contribution in [1.29, 1.82) is 0 Å². The molecule has 130 valence electrons. The Kier molecular flexibility index (Phi) is 4.19. The Balaban J connectivity index is 1.60. The van der Waals surface area contributed by atoms with E-state index in [0.29, 0.717) is 6.54 Å². The van der Waals surface area contributed by atoms with Gasteiger partial charge in [0.1, 0.15) is 11.4 Å². The lowest BCUT2D eigenvalue weighted by atomic mass is 10.0. The summed E-state index contributed by atoms with van der Waals surface area (Å²) in [6.45, 7) is 3.46. The van der Waals surface area contributed by atoms with Gasteiger partial charge in [0.2, 0.25) is 0 Å². The topological polar surface area (TPSA) is 50.0 Å². The SMILES string of the molecule is COc1cccc([C@H]2C[C@H](O)CN2Cc2cn3cc(C)ccc3n2)c1. The van der Waals surface area contributed by atoms with Gasteiger partial charge in [-0.2, -0.15) is 0 Å². The van der Waals surface area contributed by atoms with Crippen molar-refractivity contribution in [2.45, 2.75) is 32.0 Å². The first-order valence-corrected chi connectivity index (χ1v) is 8.62. The number of methoxy groups -OCH3 is 1. The van der Waals surface area contributed by atoms with E-state index in [-0.39, 0.29) is 12.1 Å². The lowest BCUT2D eigenvalue weighted by Crippen LogP contribution is -2.24. The van der Waals surface area contributed by atoms with Gasteiger partial charge in [0.15, 0.2) is 0 Å². The summed E-state index contributed by atoms with van der Waals surface area (Å²) < 4.78 is 7.42. The molecule has 0 radical (unpaired) electrons. The van der Waals surface area contributed by atoms with Gasteiger partial charge < -0.3 is 14.2 Å². The van der Waals surface area contributed by atoms with Crippen molar-refractivity contribution < 1.29 is 9.84 Å². The van der Waals surface area contributed by atoms with Crippen LogP contribution in [0.15, 0.2) is 48.8 Å². The van der Waals surface area contributed by atoms with Crippen molar-refractivity contribution in [3.63, 3.8) is 0 Å². The number of imidazole rings is 1. The van der Waals surface area contributed by atoms with Crippen LogP contribution in [0.2, 0.25) is 0 Å². The normalized spacial score (nSPS) is 21.1. The molecule has 25 heavy (non-hydrogen) atoms. The van der Waals surface area contributed by atoms with Gasteiger partial charge in [-0.25, -0.2) is 4.98 Å². The summed E-state index contributed by atoms with van der Waals surface area (Å²) in [6.07, 6.45) is 4.59. The van der Waals surface area contributed by atoms with Crippen LogP contribution in [0.4, 0.5) is 0 Å². The Hall–Kier alpha value is -2.37. The Bertz CT molecular complexity index is 890. The van der Waals surface area contributed by atoms with Crippen LogP contribution >= 0.6 is 0 Å². The molecule has 1 aliphatic rings. The van der Waals surface area contributed by atoms with Crippen LogP contribution < -0.4 is 4.74 Å². The summed E-state index contributed by atoms with van der Waals surface area (Å²) in [5, 5.41) is 10.2. The van der Waals surface area contributed by atoms with Gasteiger partial charge >= 0.3 is 0 Å². The van der Waals surface area contributed by atoms with Gasteiger partial charge in [0, 0.05) is 31.5 Å². The number of hydrogen-bond acceptors (Lipinski definition) is 4. The van der Waals surface area contributed by atoms with Gasteiger partial charge in [-0.3, -0.25) is 4.90 Å². The van der Waals surface area contributed by atoms with E-state index in [2.05, 4.69) is 46.8 Å². The average molecular weight is 337 g/mol. The van der Waals surface area contributed by atoms with E-state index in [9.17, 15) is 5.11 Å². The Morgan fingerprint density at radius 3 is 2.96 bits per heavy atom. The zero-order chi connectivity index (χ0) is 17.4. The number of aliphatic hydroxyl groups excluding tert-OH is 1. The summed E-state index contributed by atoms with van der Waals surface area (Å²) in [7, 11) is 1.68. The molecule has 1 N–H and O–H groups in total. The Morgan fingerprint density at radius 2 is 2.12 bits per heavy atom. The fraction of sp³-hybridized carbons (Fsp3) is 0.350. The number of aryl methyl sites for hydroxylation is 1. The number of nitrogens with zero attached hydrogens (tertiary/aromatic N) is 3. The predicted molar refractivity (Wildman–Crippen MR) is 96.7 cm³/mol. The van der Waals surface area contributed by atoms with Gasteiger partial charge in [0.05, 0.1) is 18.9 Å². The van der Waals surface area contributed by atoms with Crippen LogP contribution in [0.5, 0.6) is 5.75 Å². The summed E-state index contributed by atoms with van der Waals surface area (Å²) in [5.41, 5.74) is 4.36. The van der Waals surface area contributed by atoms with Gasteiger partial charge in [-0.15, -0.1) is 0 Å². The lowest BCUT2D eigenvalue weighted by molar-refractivity contribution is 0.172. The highest BCUT2D eigenvalue weighted by atomic mass is 16.5. The molecule has 3 aromatic rings. The second-order valence-electron chi connectivity index (χ2n) is 6.82. The van der Waals surface area contributed by atoms with E-state index in [1.54, 1.807) is 7.11 Å². The molecule has 1 aromatic carbocycles. The molecule has 0 unspecified atom stereocenters. The fourth-order valence-electron chi connectivity index (χ4n) is 3.69. The van der Waals surface area contributed by atoms with Crippen molar-refractivity contribution in [1.82, 2.24) is 14.3 Å². The Morgan fingerprint density at radius 1 is 1.24 bits per heavy atom. The van der Waals surface area contributed by atoms with Gasteiger partial charge in [-0.1, -0.05) is 18.2 Å². The van der Waals surface area contributed by atoms with E-state index in [4.69, 9.17) is 9.72 Å². The molecular formula is C20H23N3O2. The van der Waals surface area contributed by atoms with Crippen molar-refractivity contribution in [3.05, 3.63) is 65.6 Å². The number of fused-ring (bicyclic) bond motifs is 1. The van der Waals surface area contributed by atoms with Crippen LogP contribution in [-0.2, 0) is 6.54 Å². The van der Waals surface area contributed by atoms with E-state index in [0.717, 1.165) is 30.1 Å². The average Bonchev–Trinajstić information content (AvgIpc) is 3.17. The Labute approximate surface area is 147 Å². The monoisotopic (exact) mass is 337 g/mol. The molecule has 1 fully saturated rings. The van der Waals surface area contributed by atoms with E-state index < -0.39 is 0 Å². The predicted octanol–water partition coefficient (Wildman–Crippen LogP) is 2.96. The minimum atomic E-state index is -0.310. The van der Waals surface area contributed by atoms with Crippen molar-refractivity contribution >= 4 is 5.65 Å². The second-order valence-corrected chi connectivity index (χ2v) is 6.82. The first-order chi connectivity index (χ1) is 12.1. The number of aromatic nitrogens is 2. The number of pyridine rings is 1. The highest BCUT2D eigenvalue weighted by Gasteiger charge is 2.32. The fourth-order valence-corrected chi connectivity index (χ4v) is 3.69. The second kappa shape index (κ2) is 6.50. The minimum Gasteiger partial charge on any atom is -0.497 e. The largest absolute Gasteiger partial charge is 0.497 e. The molecule has 1 saturated heterocycles. The molecular weight excluding hydrogens is 314 g/mol. The molecule has 4 rings (SSSR count). The minimum absolute atomic E-state index is 0.177. The van der Waals surface area contributed by atoms with E-state index in [1.807, 2.05) is 18.2 Å². The summed E-state index contributed by atoms with van der Waals surface area (Å²) in [5.74, 6) is 0.849. The molecule has 1 aliphatic heterocycles. The molecule has 3 heterocycles. The molecule has 5 nitrogen and oxygen atoms in total. The third-order valence-corrected chi connectivity index (χ3v) is 4.87. The highest BCUT2D eigenvalue weighted by Crippen LogP contribution is 2.34. The zero-order valence-electron chi connectivity index (χ0n) is 14.6. The molecule has 0 amide bonds. The van der Waals surface area contributed by atoms with Crippen LogP contribution in [0, 0.1) is 6.92 Å². The summed E-state index contributed by atoms with van der Waals surface area (Å²) in [4.78, 5) is 7.02. The molecule has 0 aliphatic carbocycles. The molecule has 2 aromatic heterocycles. The summed E-state index contributed by atoms with van der Waals surface area (Å²) >= 11 is 0. The maximum Gasteiger partial charge on any atom is 0.137 e. The van der Waals surface area contributed by atoms with Crippen LogP contribution in [0.25, 0.3) is 5.65 Å².